The summed E-state index contributed by atoms with van der Waals surface area (Å²) < 4.78 is 0. The molecule has 1 rings (SSSR count). The van der Waals surface area contributed by atoms with Gasteiger partial charge in [0.25, 0.3) is 0 Å². The maximum absolute atomic E-state index is 5.82. The molecule has 1 aliphatic rings. The third-order valence-electron chi connectivity index (χ3n) is 2.09. The Balaban J connectivity index is 2.24. The fourth-order valence-electron chi connectivity index (χ4n) is 1.36. The lowest BCUT2D eigenvalue weighted by molar-refractivity contribution is 0.473. The molecule has 0 aromatic carbocycles. The first kappa shape index (κ1) is 7.03. The maximum Gasteiger partial charge on any atom is 0.0219 e. The number of rotatable bonds is 2. The van der Waals surface area contributed by atoms with Gasteiger partial charge in [-0.05, 0) is 25.8 Å². The van der Waals surface area contributed by atoms with Crippen molar-refractivity contribution in [3.05, 3.63) is 0 Å². The van der Waals surface area contributed by atoms with E-state index >= 15 is 0 Å². The average Bonchev–Trinajstić information content (AvgIpc) is 2.37. The van der Waals surface area contributed by atoms with Crippen molar-refractivity contribution in [3.8, 4) is 0 Å². The summed E-state index contributed by atoms with van der Waals surface area (Å²) in [5.74, 6) is 0. The van der Waals surface area contributed by atoms with Gasteiger partial charge < -0.3 is 11.1 Å². The average molecular weight is 128 g/mol. The van der Waals surface area contributed by atoms with Crippen LogP contribution >= 0.6 is 0 Å². The van der Waals surface area contributed by atoms with Crippen LogP contribution in [0.15, 0.2) is 0 Å². The predicted molar refractivity (Wildman–Crippen MR) is 39.3 cm³/mol. The molecule has 0 aromatic rings. The Morgan fingerprint density at radius 3 is 3.00 bits per heavy atom. The number of nitrogens with two attached hydrogens (primary N) is 1. The van der Waals surface area contributed by atoms with Crippen molar-refractivity contribution in [2.75, 3.05) is 6.54 Å². The van der Waals surface area contributed by atoms with E-state index in [2.05, 4.69) is 12.2 Å². The van der Waals surface area contributed by atoms with E-state index in [1.165, 1.54) is 19.4 Å². The first-order valence-corrected chi connectivity index (χ1v) is 3.83. The molecule has 1 heterocycles. The van der Waals surface area contributed by atoms with Crippen molar-refractivity contribution < 1.29 is 0 Å². The van der Waals surface area contributed by atoms with E-state index < -0.39 is 0 Å². The Hall–Kier alpha value is -0.0800. The number of hydrogen-bond acceptors (Lipinski definition) is 2. The summed E-state index contributed by atoms with van der Waals surface area (Å²) in [6, 6.07) is 0.988. The molecule has 0 aliphatic carbocycles. The Labute approximate surface area is 56.8 Å². The van der Waals surface area contributed by atoms with Gasteiger partial charge in [-0.25, -0.2) is 0 Å². The van der Waals surface area contributed by atoms with Crippen LogP contribution in [-0.2, 0) is 0 Å². The third-order valence-corrected chi connectivity index (χ3v) is 2.09. The molecule has 0 saturated carbocycles. The number of nitrogens with one attached hydrogen (secondary N) is 1. The Morgan fingerprint density at radius 2 is 2.56 bits per heavy atom. The first-order valence-electron chi connectivity index (χ1n) is 3.83. The van der Waals surface area contributed by atoms with Crippen molar-refractivity contribution in [2.24, 2.45) is 5.73 Å². The third kappa shape index (κ3) is 1.66. The first-order chi connectivity index (χ1) is 4.34. The minimum Gasteiger partial charge on any atom is -0.326 e. The second-order valence-corrected chi connectivity index (χ2v) is 2.77. The van der Waals surface area contributed by atoms with Crippen LogP contribution in [0.4, 0.5) is 0 Å². The van der Waals surface area contributed by atoms with Crippen molar-refractivity contribution in [1.82, 2.24) is 5.32 Å². The predicted octanol–water partition coefficient (Wildman–Crippen LogP) is 0.476. The molecule has 3 N–H and O–H groups in total. The molecule has 1 saturated heterocycles. The summed E-state index contributed by atoms with van der Waals surface area (Å²) >= 11 is 0. The zero-order chi connectivity index (χ0) is 6.69. The molecule has 1 aliphatic heterocycles. The lowest BCUT2D eigenvalue weighted by atomic mass is 10.1. The molecule has 2 atom stereocenters. The van der Waals surface area contributed by atoms with E-state index in [1.54, 1.807) is 0 Å². The SMILES string of the molecule is CCC(N)[C@H]1CCCN1. The maximum atomic E-state index is 5.82. The van der Waals surface area contributed by atoms with Gasteiger partial charge in [0, 0.05) is 12.1 Å². The summed E-state index contributed by atoms with van der Waals surface area (Å²) in [5, 5.41) is 3.38. The van der Waals surface area contributed by atoms with Gasteiger partial charge in [-0.15, -0.1) is 0 Å². The second-order valence-electron chi connectivity index (χ2n) is 2.77. The van der Waals surface area contributed by atoms with Gasteiger partial charge in [-0.3, -0.25) is 0 Å². The van der Waals surface area contributed by atoms with E-state index in [1.807, 2.05) is 0 Å². The lowest BCUT2D eigenvalue weighted by Gasteiger charge is -2.16. The van der Waals surface area contributed by atoms with Gasteiger partial charge in [0.2, 0.25) is 0 Å². The lowest BCUT2D eigenvalue weighted by Crippen LogP contribution is -2.40. The van der Waals surface area contributed by atoms with E-state index in [9.17, 15) is 0 Å². The Bertz CT molecular complexity index is 77.0. The van der Waals surface area contributed by atoms with Gasteiger partial charge >= 0.3 is 0 Å². The van der Waals surface area contributed by atoms with Crippen LogP contribution < -0.4 is 11.1 Å². The summed E-state index contributed by atoms with van der Waals surface area (Å²) in [5.41, 5.74) is 5.82. The molecule has 0 radical (unpaired) electrons. The molecular weight excluding hydrogens is 112 g/mol. The summed E-state index contributed by atoms with van der Waals surface area (Å²) in [7, 11) is 0. The largest absolute Gasteiger partial charge is 0.326 e. The van der Waals surface area contributed by atoms with Crippen LogP contribution in [0.2, 0.25) is 0 Å². The fraction of sp³-hybridized carbons (Fsp3) is 1.00. The molecule has 0 aromatic heterocycles. The van der Waals surface area contributed by atoms with Crippen molar-refractivity contribution >= 4 is 0 Å². The zero-order valence-corrected chi connectivity index (χ0v) is 6.06. The molecule has 0 amide bonds. The van der Waals surface area contributed by atoms with Crippen LogP contribution in [0.3, 0.4) is 0 Å². The fourth-order valence-corrected chi connectivity index (χ4v) is 1.36. The van der Waals surface area contributed by atoms with Crippen LogP contribution in [0.25, 0.3) is 0 Å². The van der Waals surface area contributed by atoms with Crippen LogP contribution in [0.5, 0.6) is 0 Å². The van der Waals surface area contributed by atoms with Gasteiger partial charge in [0.1, 0.15) is 0 Å². The highest BCUT2D eigenvalue weighted by molar-refractivity contribution is 4.82. The Morgan fingerprint density at radius 1 is 1.78 bits per heavy atom. The molecule has 2 nitrogen and oxygen atoms in total. The Kier molecular flexibility index (Phi) is 2.49. The minimum atomic E-state index is 0.382. The van der Waals surface area contributed by atoms with Crippen LogP contribution in [0, 0.1) is 0 Å². The standard InChI is InChI=1S/C7H16N2/c1-2-6(8)7-4-3-5-9-7/h6-7,9H,2-5,8H2,1H3/t6?,7-/m1/s1. The quantitative estimate of drug-likeness (QED) is 0.567. The summed E-state index contributed by atoms with van der Waals surface area (Å²) in [6.07, 6.45) is 3.67. The molecule has 0 bridgehead atoms. The number of hydrogen-bond donors (Lipinski definition) is 2. The van der Waals surface area contributed by atoms with Gasteiger partial charge in [-0.2, -0.15) is 0 Å². The summed E-state index contributed by atoms with van der Waals surface area (Å²) in [6.45, 7) is 3.31. The molecular formula is C7H16N2. The van der Waals surface area contributed by atoms with Gasteiger partial charge in [0.15, 0.2) is 0 Å². The smallest absolute Gasteiger partial charge is 0.0219 e. The monoisotopic (exact) mass is 128 g/mol. The highest BCUT2D eigenvalue weighted by Gasteiger charge is 2.18. The van der Waals surface area contributed by atoms with Gasteiger partial charge in [-0.1, -0.05) is 6.92 Å². The van der Waals surface area contributed by atoms with Gasteiger partial charge in [0.05, 0.1) is 0 Å². The normalized spacial score (nSPS) is 30.7. The zero-order valence-electron chi connectivity index (χ0n) is 6.06. The molecule has 1 unspecified atom stereocenters. The topological polar surface area (TPSA) is 38.0 Å². The van der Waals surface area contributed by atoms with E-state index in [0.717, 1.165) is 6.42 Å². The van der Waals surface area contributed by atoms with Crippen molar-refractivity contribution in [1.29, 1.82) is 0 Å². The van der Waals surface area contributed by atoms with E-state index in [0.29, 0.717) is 12.1 Å². The second kappa shape index (κ2) is 3.18. The van der Waals surface area contributed by atoms with Crippen LogP contribution in [0.1, 0.15) is 26.2 Å². The molecule has 0 spiro atoms. The van der Waals surface area contributed by atoms with E-state index in [4.69, 9.17) is 5.73 Å². The highest BCUT2D eigenvalue weighted by Crippen LogP contribution is 2.08. The molecule has 54 valence electrons. The highest BCUT2D eigenvalue weighted by atomic mass is 15.0. The molecule has 1 fully saturated rings. The summed E-state index contributed by atoms with van der Waals surface area (Å²) in [4.78, 5) is 0. The minimum absolute atomic E-state index is 0.382. The van der Waals surface area contributed by atoms with Crippen molar-refractivity contribution in [2.45, 2.75) is 38.3 Å². The van der Waals surface area contributed by atoms with E-state index in [-0.39, 0.29) is 0 Å². The molecule has 9 heavy (non-hydrogen) atoms. The van der Waals surface area contributed by atoms with Crippen molar-refractivity contribution in [3.63, 3.8) is 0 Å². The van der Waals surface area contributed by atoms with Crippen LogP contribution in [-0.4, -0.2) is 18.6 Å². The molecule has 2 heteroatoms.